The average molecular weight is 225 g/mol. The molecule has 0 atom stereocenters. The molecule has 1 N–H and O–H groups in total. The molecular weight excluding hydrogens is 214 g/mol. The molecule has 2 aromatic rings. The lowest BCUT2D eigenvalue weighted by atomic mass is 10.2. The zero-order valence-electron chi connectivity index (χ0n) is 7.86. The predicted octanol–water partition coefficient (Wildman–Crippen LogP) is 2.77. The minimum atomic E-state index is 0.857. The summed E-state index contributed by atoms with van der Waals surface area (Å²) in [5.74, 6) is 0. The molecule has 74 valence electrons. The van der Waals surface area contributed by atoms with Gasteiger partial charge in [0, 0.05) is 4.88 Å². The maximum Gasteiger partial charge on any atom is 0.205 e. The van der Waals surface area contributed by atoms with Gasteiger partial charge in [-0.3, -0.25) is 0 Å². The monoisotopic (exact) mass is 225 g/mol. The van der Waals surface area contributed by atoms with Crippen molar-refractivity contribution in [3.8, 4) is 0 Å². The number of thiophene rings is 1. The first-order chi connectivity index (χ1) is 6.90. The van der Waals surface area contributed by atoms with Crippen molar-refractivity contribution >= 4 is 27.8 Å². The van der Waals surface area contributed by atoms with E-state index in [1.807, 2.05) is 0 Å². The summed E-state index contributed by atoms with van der Waals surface area (Å²) in [5, 5.41) is 14.0. The summed E-state index contributed by atoms with van der Waals surface area (Å²) in [6.07, 6.45) is 1.09. The lowest BCUT2D eigenvalue weighted by molar-refractivity contribution is 1.04. The fourth-order valence-electron chi connectivity index (χ4n) is 1.24. The topological polar surface area (TPSA) is 37.8 Å². The first-order valence-corrected chi connectivity index (χ1v) is 6.21. The van der Waals surface area contributed by atoms with Gasteiger partial charge < -0.3 is 5.32 Å². The standard InChI is InChI=1S/C9H11N3S2/c1-2-7-3-4-13-8(7)5-10-9-12-11-6-14-9/h3-4,6H,2,5H2,1H3,(H,10,12). The highest BCUT2D eigenvalue weighted by Crippen LogP contribution is 2.19. The molecule has 0 amide bonds. The molecule has 0 aliphatic heterocycles. The molecular formula is C9H11N3S2. The third-order valence-corrected chi connectivity index (χ3v) is 3.59. The van der Waals surface area contributed by atoms with E-state index < -0.39 is 0 Å². The van der Waals surface area contributed by atoms with Gasteiger partial charge >= 0.3 is 0 Å². The smallest absolute Gasteiger partial charge is 0.205 e. The van der Waals surface area contributed by atoms with E-state index in [-0.39, 0.29) is 0 Å². The van der Waals surface area contributed by atoms with Crippen LogP contribution < -0.4 is 5.32 Å². The fourth-order valence-corrected chi connectivity index (χ4v) is 2.60. The summed E-state index contributed by atoms with van der Waals surface area (Å²) in [5.41, 5.74) is 3.16. The van der Waals surface area contributed by atoms with E-state index >= 15 is 0 Å². The van der Waals surface area contributed by atoms with Gasteiger partial charge in [0.25, 0.3) is 0 Å². The lowest BCUT2D eigenvalue weighted by Gasteiger charge is -2.01. The SMILES string of the molecule is CCc1ccsc1CNc1nncs1. The largest absolute Gasteiger partial charge is 0.355 e. The molecule has 0 spiro atoms. The predicted molar refractivity (Wildman–Crippen MR) is 60.9 cm³/mol. The van der Waals surface area contributed by atoms with Crippen LogP contribution in [0, 0.1) is 0 Å². The van der Waals surface area contributed by atoms with Gasteiger partial charge in [-0.25, -0.2) is 0 Å². The highest BCUT2D eigenvalue weighted by Gasteiger charge is 2.02. The second-order valence-corrected chi connectivity index (χ2v) is 4.65. The summed E-state index contributed by atoms with van der Waals surface area (Å²) >= 11 is 3.32. The van der Waals surface area contributed by atoms with Crippen molar-refractivity contribution in [2.75, 3.05) is 5.32 Å². The van der Waals surface area contributed by atoms with Gasteiger partial charge in [-0.05, 0) is 23.4 Å². The minimum absolute atomic E-state index is 0.857. The van der Waals surface area contributed by atoms with Crippen LogP contribution in [0.2, 0.25) is 0 Å². The maximum atomic E-state index is 3.93. The number of nitrogens with one attached hydrogen (secondary N) is 1. The van der Waals surface area contributed by atoms with Crippen LogP contribution in [0.1, 0.15) is 17.4 Å². The van der Waals surface area contributed by atoms with Crippen molar-refractivity contribution in [1.29, 1.82) is 0 Å². The van der Waals surface area contributed by atoms with Gasteiger partial charge in [-0.2, -0.15) is 0 Å². The van der Waals surface area contributed by atoms with Crippen LogP contribution in [-0.2, 0) is 13.0 Å². The van der Waals surface area contributed by atoms with Crippen molar-refractivity contribution in [3.63, 3.8) is 0 Å². The Labute approximate surface area is 90.8 Å². The number of aryl methyl sites for hydroxylation is 1. The van der Waals surface area contributed by atoms with Crippen molar-refractivity contribution in [1.82, 2.24) is 10.2 Å². The van der Waals surface area contributed by atoms with Crippen LogP contribution in [0.25, 0.3) is 0 Å². The Morgan fingerprint density at radius 1 is 1.43 bits per heavy atom. The molecule has 0 unspecified atom stereocenters. The van der Waals surface area contributed by atoms with Gasteiger partial charge in [0.15, 0.2) is 0 Å². The van der Waals surface area contributed by atoms with E-state index in [9.17, 15) is 0 Å². The first-order valence-electron chi connectivity index (χ1n) is 4.45. The molecule has 2 heterocycles. The number of nitrogens with zero attached hydrogens (tertiary/aromatic N) is 2. The summed E-state index contributed by atoms with van der Waals surface area (Å²) in [7, 11) is 0. The van der Waals surface area contributed by atoms with Crippen LogP contribution in [0.4, 0.5) is 5.13 Å². The number of hydrogen-bond donors (Lipinski definition) is 1. The molecule has 3 nitrogen and oxygen atoms in total. The van der Waals surface area contributed by atoms with Gasteiger partial charge in [-0.1, -0.05) is 18.3 Å². The highest BCUT2D eigenvalue weighted by atomic mass is 32.1. The van der Waals surface area contributed by atoms with Gasteiger partial charge in [0.1, 0.15) is 5.51 Å². The molecule has 2 aromatic heterocycles. The highest BCUT2D eigenvalue weighted by molar-refractivity contribution is 7.13. The van der Waals surface area contributed by atoms with Crippen molar-refractivity contribution in [2.45, 2.75) is 19.9 Å². The van der Waals surface area contributed by atoms with Gasteiger partial charge in [-0.15, -0.1) is 21.5 Å². The summed E-state index contributed by atoms with van der Waals surface area (Å²) in [4.78, 5) is 1.39. The van der Waals surface area contributed by atoms with Crippen LogP contribution in [0.5, 0.6) is 0 Å². The van der Waals surface area contributed by atoms with E-state index in [1.165, 1.54) is 21.8 Å². The summed E-state index contributed by atoms with van der Waals surface area (Å²) < 4.78 is 0. The van der Waals surface area contributed by atoms with Crippen molar-refractivity contribution in [2.24, 2.45) is 0 Å². The Balaban J connectivity index is 1.98. The maximum absolute atomic E-state index is 3.93. The number of aromatic nitrogens is 2. The van der Waals surface area contributed by atoms with Crippen LogP contribution in [0.15, 0.2) is 17.0 Å². The third kappa shape index (κ3) is 2.10. The quantitative estimate of drug-likeness (QED) is 0.869. The Hall–Kier alpha value is -0.940. The fraction of sp³-hybridized carbons (Fsp3) is 0.333. The van der Waals surface area contributed by atoms with E-state index in [0.29, 0.717) is 0 Å². The molecule has 5 heteroatoms. The molecule has 0 aromatic carbocycles. The third-order valence-electron chi connectivity index (χ3n) is 1.98. The van der Waals surface area contributed by atoms with Gasteiger partial charge in [0.2, 0.25) is 5.13 Å². The lowest BCUT2D eigenvalue weighted by Crippen LogP contribution is -1.99. The van der Waals surface area contributed by atoms with Crippen molar-refractivity contribution in [3.05, 3.63) is 27.4 Å². The van der Waals surface area contributed by atoms with Crippen molar-refractivity contribution < 1.29 is 0 Å². The zero-order valence-corrected chi connectivity index (χ0v) is 9.49. The van der Waals surface area contributed by atoms with Crippen LogP contribution >= 0.6 is 22.7 Å². The minimum Gasteiger partial charge on any atom is -0.355 e. The number of hydrogen-bond acceptors (Lipinski definition) is 5. The summed E-state index contributed by atoms with van der Waals surface area (Å²) in [6, 6.07) is 2.18. The van der Waals surface area contributed by atoms with E-state index in [4.69, 9.17) is 0 Å². The molecule has 14 heavy (non-hydrogen) atoms. The molecule has 0 saturated carbocycles. The van der Waals surface area contributed by atoms with E-state index in [2.05, 4.69) is 33.9 Å². The molecule has 0 aliphatic carbocycles. The molecule has 0 bridgehead atoms. The van der Waals surface area contributed by atoms with E-state index in [0.717, 1.165) is 18.1 Å². The Kier molecular flexibility index (Phi) is 3.10. The normalized spacial score (nSPS) is 10.4. The molecule has 2 rings (SSSR count). The summed E-state index contributed by atoms with van der Waals surface area (Å²) in [6.45, 7) is 3.03. The van der Waals surface area contributed by atoms with E-state index in [1.54, 1.807) is 16.8 Å². The molecule has 0 radical (unpaired) electrons. The average Bonchev–Trinajstić information content (AvgIpc) is 2.85. The second-order valence-electron chi connectivity index (χ2n) is 2.82. The molecule has 0 saturated heterocycles. The number of anilines is 1. The molecule has 0 aliphatic rings. The van der Waals surface area contributed by atoms with Crippen LogP contribution in [-0.4, -0.2) is 10.2 Å². The molecule has 0 fully saturated rings. The second kappa shape index (κ2) is 4.52. The Morgan fingerprint density at radius 2 is 2.36 bits per heavy atom. The zero-order chi connectivity index (χ0) is 9.80. The Bertz CT molecular complexity index is 380. The van der Waals surface area contributed by atoms with Crippen LogP contribution in [0.3, 0.4) is 0 Å². The van der Waals surface area contributed by atoms with Gasteiger partial charge in [0.05, 0.1) is 6.54 Å². The first kappa shape index (κ1) is 9.61. The Morgan fingerprint density at radius 3 is 3.07 bits per heavy atom. The number of rotatable bonds is 4.